The largest absolute Gasteiger partial charge is 0.481 e. The van der Waals surface area contributed by atoms with Crippen LogP contribution in [-0.4, -0.2) is 22.3 Å². The molecule has 0 unspecified atom stereocenters. The predicted octanol–water partition coefficient (Wildman–Crippen LogP) is 6.62. The standard InChI is InChI=1S/C29H44O3/c1-26(2)12-9-17-19(25(31)32)15-21-18(20(17)16-26)7-8-23-28(21,5)13-10-22-27(3,4)24(30)11-14-29(22,23)6/h7,15,17,19-20,22-24,30H,8-14,16H2,1-6H3,(H,31,32)/t17-,19-,20+,22+,23+,24-,28-,29-/m0/s1. The van der Waals surface area contributed by atoms with Gasteiger partial charge in [-0.25, -0.2) is 0 Å². The molecule has 0 bridgehead atoms. The lowest BCUT2D eigenvalue weighted by molar-refractivity contribution is -0.164. The van der Waals surface area contributed by atoms with Gasteiger partial charge in [0.05, 0.1) is 12.0 Å². The van der Waals surface area contributed by atoms with Gasteiger partial charge < -0.3 is 10.2 Å². The first-order valence-corrected chi connectivity index (χ1v) is 13.1. The topological polar surface area (TPSA) is 57.5 Å². The van der Waals surface area contributed by atoms with E-state index in [4.69, 9.17) is 0 Å². The van der Waals surface area contributed by atoms with E-state index in [0.29, 0.717) is 23.2 Å². The normalized spacial score (nSPS) is 48.8. The smallest absolute Gasteiger partial charge is 0.310 e. The van der Waals surface area contributed by atoms with E-state index < -0.39 is 5.97 Å². The van der Waals surface area contributed by atoms with E-state index in [1.165, 1.54) is 11.1 Å². The number of carboxylic acid groups (broad SMARTS) is 1. The summed E-state index contributed by atoms with van der Waals surface area (Å²) in [5, 5.41) is 21.0. The molecule has 0 heterocycles. The van der Waals surface area contributed by atoms with Crippen molar-refractivity contribution in [3.63, 3.8) is 0 Å². The summed E-state index contributed by atoms with van der Waals surface area (Å²) in [6.07, 6.45) is 13.2. The third kappa shape index (κ3) is 2.98. The van der Waals surface area contributed by atoms with Crippen LogP contribution in [0.4, 0.5) is 0 Å². The Hall–Kier alpha value is -1.09. The quantitative estimate of drug-likeness (QED) is 0.482. The van der Waals surface area contributed by atoms with Gasteiger partial charge in [-0.15, -0.1) is 0 Å². The monoisotopic (exact) mass is 440 g/mol. The number of carboxylic acids is 1. The lowest BCUT2D eigenvalue weighted by atomic mass is 9.39. The van der Waals surface area contributed by atoms with Gasteiger partial charge in [0.25, 0.3) is 0 Å². The minimum Gasteiger partial charge on any atom is -0.481 e. The Morgan fingerprint density at radius 3 is 2.38 bits per heavy atom. The minimum atomic E-state index is -0.626. The summed E-state index contributed by atoms with van der Waals surface area (Å²) in [4.78, 5) is 12.4. The van der Waals surface area contributed by atoms with E-state index >= 15 is 0 Å². The highest BCUT2D eigenvalue weighted by Gasteiger charge is 2.63. The molecule has 8 atom stereocenters. The van der Waals surface area contributed by atoms with Crippen LogP contribution in [0.1, 0.15) is 92.9 Å². The molecule has 0 radical (unpaired) electrons. The van der Waals surface area contributed by atoms with Crippen LogP contribution in [0.2, 0.25) is 0 Å². The van der Waals surface area contributed by atoms with Crippen molar-refractivity contribution in [1.29, 1.82) is 0 Å². The molecule has 3 fully saturated rings. The lowest BCUT2D eigenvalue weighted by Gasteiger charge is -2.66. The van der Waals surface area contributed by atoms with Crippen LogP contribution in [0, 0.1) is 51.2 Å². The number of rotatable bonds is 1. The molecule has 3 nitrogen and oxygen atoms in total. The second-order valence-electron chi connectivity index (χ2n) is 14.0. The molecule has 0 aromatic carbocycles. The Kier molecular flexibility index (Phi) is 4.94. The van der Waals surface area contributed by atoms with Crippen molar-refractivity contribution in [2.24, 2.45) is 51.2 Å². The summed E-state index contributed by atoms with van der Waals surface area (Å²) in [5.41, 5.74) is 3.38. The van der Waals surface area contributed by atoms with Crippen molar-refractivity contribution in [2.75, 3.05) is 0 Å². The average molecular weight is 441 g/mol. The van der Waals surface area contributed by atoms with E-state index in [1.54, 1.807) is 0 Å². The molecule has 0 amide bonds. The van der Waals surface area contributed by atoms with E-state index in [0.717, 1.165) is 51.4 Å². The molecule has 32 heavy (non-hydrogen) atoms. The summed E-state index contributed by atoms with van der Waals surface area (Å²) in [5.74, 6) is 0.734. The number of aliphatic carboxylic acids is 1. The van der Waals surface area contributed by atoms with Gasteiger partial charge in [-0.1, -0.05) is 53.7 Å². The molecular formula is C29H44O3. The molecular weight excluding hydrogens is 396 g/mol. The Morgan fingerprint density at radius 2 is 1.69 bits per heavy atom. The third-order valence-electron chi connectivity index (χ3n) is 11.5. The van der Waals surface area contributed by atoms with Gasteiger partial charge in [-0.05, 0) is 108 Å². The SMILES string of the molecule is CC1(C)CC[C@H]2[C@@H](C(=O)O)C=C3C(=CC[C@H]4[C@@]5(C)CC[C@H](O)C(C)(C)[C@H]5CC[C@@]34C)[C@@H]2C1. The Morgan fingerprint density at radius 1 is 0.969 bits per heavy atom. The van der Waals surface area contributed by atoms with Gasteiger partial charge >= 0.3 is 5.97 Å². The number of hydrogen-bond acceptors (Lipinski definition) is 2. The van der Waals surface area contributed by atoms with Crippen LogP contribution in [0.3, 0.4) is 0 Å². The van der Waals surface area contributed by atoms with E-state index in [9.17, 15) is 15.0 Å². The number of fused-ring (bicyclic) bond motifs is 7. The van der Waals surface area contributed by atoms with Crippen LogP contribution in [0.25, 0.3) is 0 Å². The molecule has 5 rings (SSSR count). The van der Waals surface area contributed by atoms with Crippen molar-refractivity contribution in [2.45, 2.75) is 99.0 Å². The zero-order chi connectivity index (χ0) is 23.3. The molecule has 0 saturated heterocycles. The average Bonchev–Trinajstić information content (AvgIpc) is 2.69. The number of aliphatic hydroxyl groups is 1. The third-order valence-corrected chi connectivity index (χ3v) is 11.5. The number of aliphatic hydroxyl groups excluding tert-OH is 1. The van der Waals surface area contributed by atoms with Crippen LogP contribution < -0.4 is 0 Å². The second kappa shape index (κ2) is 6.96. The van der Waals surface area contributed by atoms with Crippen molar-refractivity contribution < 1.29 is 15.0 Å². The highest BCUT2D eigenvalue weighted by Crippen LogP contribution is 2.70. The molecule has 0 aromatic rings. The van der Waals surface area contributed by atoms with E-state index in [1.807, 2.05) is 0 Å². The van der Waals surface area contributed by atoms with Crippen LogP contribution in [0.15, 0.2) is 23.3 Å². The molecule has 2 N–H and O–H groups in total. The van der Waals surface area contributed by atoms with Crippen LogP contribution >= 0.6 is 0 Å². The molecule has 0 aromatic heterocycles. The molecule has 5 aliphatic carbocycles. The zero-order valence-electron chi connectivity index (χ0n) is 21.1. The first-order chi connectivity index (χ1) is 14.8. The van der Waals surface area contributed by atoms with Crippen molar-refractivity contribution in [3.8, 4) is 0 Å². The molecule has 0 aliphatic heterocycles. The fraction of sp³-hybridized carbons (Fsp3) is 0.828. The van der Waals surface area contributed by atoms with Gasteiger partial charge in [0.15, 0.2) is 0 Å². The van der Waals surface area contributed by atoms with Gasteiger partial charge in [0.2, 0.25) is 0 Å². The first-order valence-electron chi connectivity index (χ1n) is 13.1. The van der Waals surface area contributed by atoms with Gasteiger partial charge in [-0.2, -0.15) is 0 Å². The maximum Gasteiger partial charge on any atom is 0.310 e. The molecule has 178 valence electrons. The maximum absolute atomic E-state index is 12.4. The fourth-order valence-corrected chi connectivity index (χ4v) is 9.65. The summed E-state index contributed by atoms with van der Waals surface area (Å²) < 4.78 is 0. The minimum absolute atomic E-state index is 0.0496. The highest BCUT2D eigenvalue weighted by molar-refractivity contribution is 5.74. The summed E-state index contributed by atoms with van der Waals surface area (Å²) in [6.45, 7) is 14.3. The molecule has 3 heteroatoms. The Labute approximate surface area is 194 Å². The number of carbonyl (C=O) groups is 1. The maximum atomic E-state index is 12.4. The van der Waals surface area contributed by atoms with Gasteiger partial charge in [0.1, 0.15) is 0 Å². The Balaban J connectivity index is 1.60. The van der Waals surface area contributed by atoms with Gasteiger partial charge in [0, 0.05) is 0 Å². The van der Waals surface area contributed by atoms with Crippen LogP contribution in [-0.2, 0) is 4.79 Å². The molecule has 5 aliphatic rings. The van der Waals surface area contributed by atoms with E-state index in [-0.39, 0.29) is 34.2 Å². The van der Waals surface area contributed by atoms with Crippen molar-refractivity contribution >= 4 is 5.97 Å². The van der Waals surface area contributed by atoms with Gasteiger partial charge in [-0.3, -0.25) is 4.79 Å². The van der Waals surface area contributed by atoms with Crippen molar-refractivity contribution in [3.05, 3.63) is 23.3 Å². The van der Waals surface area contributed by atoms with Crippen LogP contribution in [0.5, 0.6) is 0 Å². The summed E-state index contributed by atoms with van der Waals surface area (Å²) >= 11 is 0. The predicted molar refractivity (Wildman–Crippen MR) is 128 cm³/mol. The summed E-state index contributed by atoms with van der Waals surface area (Å²) in [7, 11) is 0. The highest BCUT2D eigenvalue weighted by atomic mass is 16.4. The number of hydrogen-bond donors (Lipinski definition) is 2. The second-order valence-corrected chi connectivity index (χ2v) is 14.0. The fourth-order valence-electron chi connectivity index (χ4n) is 9.65. The zero-order valence-corrected chi connectivity index (χ0v) is 21.1. The first kappa shape index (κ1) is 22.7. The number of allylic oxidation sites excluding steroid dienone is 3. The molecule has 3 saturated carbocycles. The molecule has 0 spiro atoms. The lowest BCUT2D eigenvalue weighted by Crippen LogP contribution is -2.60. The summed E-state index contributed by atoms with van der Waals surface area (Å²) in [6, 6.07) is 0. The van der Waals surface area contributed by atoms with Crippen molar-refractivity contribution in [1.82, 2.24) is 0 Å². The van der Waals surface area contributed by atoms with E-state index in [2.05, 4.69) is 53.7 Å². The Bertz CT molecular complexity index is 879.